The monoisotopic (exact) mass is 292 g/mol. The van der Waals surface area contributed by atoms with Gasteiger partial charge in [-0.25, -0.2) is 0 Å². The van der Waals surface area contributed by atoms with Crippen molar-refractivity contribution < 1.29 is 13.9 Å². The van der Waals surface area contributed by atoms with Crippen molar-refractivity contribution in [3.63, 3.8) is 0 Å². The number of ether oxygens (including phenoxy) is 1. The summed E-state index contributed by atoms with van der Waals surface area (Å²) in [6, 6.07) is 2.26. The highest BCUT2D eigenvalue weighted by atomic mass is 16.5. The second-order valence-corrected chi connectivity index (χ2v) is 6.50. The standard InChI is InChI=1S/C16H24N2O3/c1-12-14(4-9-20-12)15(19)18-7-5-16(6-8-18)10-13(11-21-16)17(2)3/h4,9,13H,5-8,10-11H2,1-3H3/t13-/m1/s1. The second kappa shape index (κ2) is 5.46. The van der Waals surface area contributed by atoms with Gasteiger partial charge < -0.3 is 19.0 Å². The highest BCUT2D eigenvalue weighted by Gasteiger charge is 2.44. The van der Waals surface area contributed by atoms with Crippen LogP contribution in [0.4, 0.5) is 0 Å². The molecule has 0 aromatic carbocycles. The van der Waals surface area contributed by atoms with E-state index in [1.54, 1.807) is 12.3 Å². The van der Waals surface area contributed by atoms with Gasteiger partial charge in [0.05, 0.1) is 24.0 Å². The number of furan rings is 1. The Hall–Kier alpha value is -1.33. The van der Waals surface area contributed by atoms with E-state index in [0.29, 0.717) is 17.4 Å². The minimum absolute atomic E-state index is 0.0167. The Morgan fingerprint density at radius 3 is 2.62 bits per heavy atom. The van der Waals surface area contributed by atoms with Crippen LogP contribution in [0, 0.1) is 6.92 Å². The maximum absolute atomic E-state index is 12.5. The van der Waals surface area contributed by atoms with E-state index in [-0.39, 0.29) is 11.5 Å². The maximum atomic E-state index is 12.5. The third-order valence-electron chi connectivity index (χ3n) is 4.97. The Bertz CT molecular complexity index is 515. The van der Waals surface area contributed by atoms with Gasteiger partial charge in [-0.2, -0.15) is 0 Å². The van der Waals surface area contributed by atoms with Gasteiger partial charge in [0.15, 0.2) is 0 Å². The molecule has 2 aliphatic heterocycles. The van der Waals surface area contributed by atoms with Crippen LogP contribution < -0.4 is 0 Å². The lowest BCUT2D eigenvalue weighted by atomic mass is 9.87. The number of amides is 1. The van der Waals surface area contributed by atoms with Crippen LogP contribution in [-0.2, 0) is 4.74 Å². The number of aryl methyl sites for hydroxylation is 1. The number of carbonyl (C=O) groups excluding carboxylic acids is 1. The van der Waals surface area contributed by atoms with Crippen LogP contribution in [0.2, 0.25) is 0 Å². The van der Waals surface area contributed by atoms with Gasteiger partial charge in [-0.3, -0.25) is 4.79 Å². The van der Waals surface area contributed by atoms with Gasteiger partial charge in [0, 0.05) is 19.1 Å². The summed E-state index contributed by atoms with van der Waals surface area (Å²) >= 11 is 0. The quantitative estimate of drug-likeness (QED) is 0.835. The molecule has 2 aliphatic rings. The van der Waals surface area contributed by atoms with Gasteiger partial charge in [-0.15, -0.1) is 0 Å². The predicted octanol–water partition coefficient (Wildman–Crippen LogP) is 1.91. The van der Waals surface area contributed by atoms with Crippen molar-refractivity contribution >= 4 is 5.91 Å². The lowest BCUT2D eigenvalue weighted by Gasteiger charge is -2.38. The molecule has 0 bridgehead atoms. The predicted molar refractivity (Wildman–Crippen MR) is 79.4 cm³/mol. The maximum Gasteiger partial charge on any atom is 0.257 e. The van der Waals surface area contributed by atoms with Crippen molar-refractivity contribution in [3.05, 3.63) is 23.7 Å². The Balaban J connectivity index is 1.61. The van der Waals surface area contributed by atoms with Crippen LogP contribution >= 0.6 is 0 Å². The second-order valence-electron chi connectivity index (χ2n) is 6.50. The Morgan fingerprint density at radius 2 is 2.10 bits per heavy atom. The summed E-state index contributed by atoms with van der Waals surface area (Å²) in [5.74, 6) is 0.781. The fraction of sp³-hybridized carbons (Fsp3) is 0.688. The van der Waals surface area contributed by atoms with Gasteiger partial charge in [0.1, 0.15) is 5.76 Å². The van der Waals surface area contributed by atoms with Crippen LogP contribution in [0.1, 0.15) is 35.4 Å². The summed E-state index contributed by atoms with van der Waals surface area (Å²) in [5, 5.41) is 0. The highest BCUT2D eigenvalue weighted by molar-refractivity contribution is 5.95. The Kier molecular flexibility index (Phi) is 3.80. The smallest absolute Gasteiger partial charge is 0.257 e. The molecule has 116 valence electrons. The molecule has 2 saturated heterocycles. The number of nitrogens with zero attached hydrogens (tertiary/aromatic N) is 2. The van der Waals surface area contributed by atoms with Crippen LogP contribution in [0.3, 0.4) is 0 Å². The van der Waals surface area contributed by atoms with Crippen molar-refractivity contribution in [3.8, 4) is 0 Å². The average Bonchev–Trinajstić information content (AvgIpc) is 3.06. The summed E-state index contributed by atoms with van der Waals surface area (Å²) < 4.78 is 11.3. The zero-order valence-electron chi connectivity index (χ0n) is 13.1. The van der Waals surface area contributed by atoms with Crippen LogP contribution in [0.25, 0.3) is 0 Å². The molecule has 3 rings (SSSR count). The molecule has 21 heavy (non-hydrogen) atoms. The molecular weight excluding hydrogens is 268 g/mol. The van der Waals surface area contributed by atoms with Gasteiger partial charge >= 0.3 is 0 Å². The van der Waals surface area contributed by atoms with E-state index in [1.807, 2.05) is 11.8 Å². The first-order valence-corrected chi connectivity index (χ1v) is 7.64. The largest absolute Gasteiger partial charge is 0.469 e. The average molecular weight is 292 g/mol. The van der Waals surface area contributed by atoms with Crippen LogP contribution in [-0.4, -0.2) is 61.1 Å². The molecule has 0 aliphatic carbocycles. The third-order valence-corrected chi connectivity index (χ3v) is 4.97. The summed E-state index contributed by atoms with van der Waals surface area (Å²) in [6.07, 6.45) is 4.52. The van der Waals surface area contributed by atoms with Crippen molar-refractivity contribution in [1.82, 2.24) is 9.80 Å². The molecule has 2 fully saturated rings. The van der Waals surface area contributed by atoms with E-state index in [4.69, 9.17) is 9.15 Å². The molecule has 1 atom stereocenters. The minimum atomic E-state index is -0.0167. The van der Waals surface area contributed by atoms with Crippen molar-refractivity contribution in [2.45, 2.75) is 37.8 Å². The van der Waals surface area contributed by atoms with E-state index in [2.05, 4.69) is 19.0 Å². The van der Waals surface area contributed by atoms with Gasteiger partial charge in [-0.05, 0) is 46.3 Å². The molecule has 1 amide bonds. The highest BCUT2D eigenvalue weighted by Crippen LogP contribution is 2.37. The molecule has 0 N–H and O–H groups in total. The van der Waals surface area contributed by atoms with E-state index in [0.717, 1.165) is 39.0 Å². The van der Waals surface area contributed by atoms with E-state index >= 15 is 0 Å². The third kappa shape index (κ3) is 2.72. The summed E-state index contributed by atoms with van der Waals surface area (Å²) in [7, 11) is 4.21. The topological polar surface area (TPSA) is 45.9 Å². The van der Waals surface area contributed by atoms with E-state index < -0.39 is 0 Å². The number of piperidine rings is 1. The lowest BCUT2D eigenvalue weighted by Crippen LogP contribution is -2.47. The number of hydrogen-bond acceptors (Lipinski definition) is 4. The number of rotatable bonds is 2. The molecule has 5 nitrogen and oxygen atoms in total. The molecular formula is C16H24N2O3. The fourth-order valence-electron chi connectivity index (χ4n) is 3.39. The molecule has 0 unspecified atom stereocenters. The van der Waals surface area contributed by atoms with Gasteiger partial charge in [0.2, 0.25) is 0 Å². The first-order valence-electron chi connectivity index (χ1n) is 7.64. The van der Waals surface area contributed by atoms with Crippen molar-refractivity contribution in [1.29, 1.82) is 0 Å². The number of likely N-dealkylation sites (N-methyl/N-ethyl adjacent to an activating group) is 1. The molecule has 1 aromatic rings. The summed E-state index contributed by atoms with van der Waals surface area (Å²) in [4.78, 5) is 16.6. The van der Waals surface area contributed by atoms with E-state index in [9.17, 15) is 4.79 Å². The summed E-state index contributed by atoms with van der Waals surface area (Å²) in [6.45, 7) is 4.18. The van der Waals surface area contributed by atoms with E-state index in [1.165, 1.54) is 0 Å². The first kappa shape index (κ1) is 14.6. The molecule has 0 saturated carbocycles. The molecule has 1 aromatic heterocycles. The van der Waals surface area contributed by atoms with Crippen LogP contribution in [0.15, 0.2) is 16.7 Å². The van der Waals surface area contributed by atoms with Gasteiger partial charge in [-0.1, -0.05) is 0 Å². The zero-order chi connectivity index (χ0) is 15.0. The number of likely N-dealkylation sites (tertiary alicyclic amines) is 1. The lowest BCUT2D eigenvalue weighted by molar-refractivity contribution is -0.0392. The molecule has 5 heteroatoms. The first-order chi connectivity index (χ1) is 10.0. The molecule has 3 heterocycles. The van der Waals surface area contributed by atoms with Crippen LogP contribution in [0.5, 0.6) is 0 Å². The normalized spacial score (nSPS) is 25.0. The zero-order valence-corrected chi connectivity index (χ0v) is 13.1. The Labute approximate surface area is 125 Å². The number of carbonyl (C=O) groups is 1. The minimum Gasteiger partial charge on any atom is -0.469 e. The fourth-order valence-corrected chi connectivity index (χ4v) is 3.39. The molecule has 0 radical (unpaired) electrons. The Morgan fingerprint density at radius 1 is 1.38 bits per heavy atom. The van der Waals surface area contributed by atoms with Crippen molar-refractivity contribution in [2.24, 2.45) is 0 Å². The van der Waals surface area contributed by atoms with Gasteiger partial charge in [0.25, 0.3) is 5.91 Å². The summed E-state index contributed by atoms with van der Waals surface area (Å²) in [5.41, 5.74) is 0.668. The number of hydrogen-bond donors (Lipinski definition) is 0. The SMILES string of the molecule is Cc1occc1C(=O)N1CCC2(CC1)C[C@@H](N(C)C)CO2. The molecule has 1 spiro atoms. The van der Waals surface area contributed by atoms with Crippen molar-refractivity contribution in [2.75, 3.05) is 33.8 Å².